The van der Waals surface area contributed by atoms with Crippen molar-refractivity contribution in [2.45, 2.75) is 17.9 Å². The lowest BCUT2D eigenvalue weighted by Crippen LogP contribution is -2.00. The van der Waals surface area contributed by atoms with Crippen molar-refractivity contribution in [2.75, 3.05) is 12.5 Å². The van der Waals surface area contributed by atoms with Gasteiger partial charge in [0.05, 0.1) is 4.58 Å². The van der Waals surface area contributed by atoms with Gasteiger partial charge in [-0.15, -0.1) is 0 Å². The molecule has 0 aliphatic rings. The fourth-order valence-corrected chi connectivity index (χ4v) is 2.67. The second kappa shape index (κ2) is 5.61. The van der Waals surface area contributed by atoms with Gasteiger partial charge in [-0.1, -0.05) is 29.8 Å². The summed E-state index contributed by atoms with van der Waals surface area (Å²) in [7, 11) is 0. The number of hydrogen-bond acceptors (Lipinski definition) is 2. The zero-order chi connectivity index (χ0) is 9.68. The summed E-state index contributed by atoms with van der Waals surface area (Å²) in [6.07, 6.45) is 5.52. The molecule has 0 saturated heterocycles. The molecule has 72 valence electrons. The first-order valence-corrected chi connectivity index (χ1v) is 6.95. The second-order valence-electron chi connectivity index (χ2n) is 3.09. The summed E-state index contributed by atoms with van der Waals surface area (Å²) >= 11 is 3.86. The van der Waals surface area contributed by atoms with E-state index in [-0.39, 0.29) is 0 Å². The van der Waals surface area contributed by atoms with Crippen LogP contribution in [-0.4, -0.2) is 17.1 Å². The molecule has 0 heterocycles. The minimum atomic E-state index is 0.697. The highest BCUT2D eigenvalue weighted by molar-refractivity contribution is 8.16. The summed E-state index contributed by atoms with van der Waals surface area (Å²) in [6.45, 7) is 2.13. The highest BCUT2D eigenvalue weighted by atomic mass is 32.2. The van der Waals surface area contributed by atoms with Gasteiger partial charge in [0.1, 0.15) is 0 Å². The van der Waals surface area contributed by atoms with Gasteiger partial charge in [0.25, 0.3) is 0 Å². The maximum Gasteiger partial charge on any atom is 0.0537 e. The highest BCUT2D eigenvalue weighted by Crippen LogP contribution is 2.22. The van der Waals surface area contributed by atoms with Gasteiger partial charge in [0, 0.05) is 0 Å². The Balaban J connectivity index is 2.58. The van der Waals surface area contributed by atoms with E-state index in [2.05, 4.69) is 43.7 Å². The Morgan fingerprint density at radius 1 is 1.08 bits per heavy atom. The van der Waals surface area contributed by atoms with Crippen LogP contribution in [0.25, 0.3) is 0 Å². The third-order valence-corrected chi connectivity index (χ3v) is 4.59. The first-order chi connectivity index (χ1) is 6.26. The molecule has 0 unspecified atom stereocenters. The SMILES string of the molecule is CSC(Cc1ccc(C)cc1)SC. The monoisotopic (exact) mass is 212 g/mol. The van der Waals surface area contributed by atoms with Crippen molar-refractivity contribution in [3.8, 4) is 0 Å². The Morgan fingerprint density at radius 2 is 1.62 bits per heavy atom. The largest absolute Gasteiger partial charge is 0.151 e. The van der Waals surface area contributed by atoms with Crippen LogP contribution in [0.5, 0.6) is 0 Å². The zero-order valence-electron chi connectivity index (χ0n) is 8.41. The van der Waals surface area contributed by atoms with Gasteiger partial charge in [-0.2, -0.15) is 23.5 Å². The molecule has 0 aliphatic heterocycles. The fraction of sp³-hybridized carbons (Fsp3) is 0.455. The van der Waals surface area contributed by atoms with Crippen molar-refractivity contribution >= 4 is 23.5 Å². The summed E-state index contributed by atoms with van der Waals surface area (Å²) in [6, 6.07) is 8.84. The summed E-state index contributed by atoms with van der Waals surface area (Å²) in [5.41, 5.74) is 2.79. The van der Waals surface area contributed by atoms with Crippen LogP contribution in [0.4, 0.5) is 0 Å². The second-order valence-corrected chi connectivity index (χ2v) is 5.47. The van der Waals surface area contributed by atoms with Crippen molar-refractivity contribution in [2.24, 2.45) is 0 Å². The van der Waals surface area contributed by atoms with Gasteiger partial charge >= 0.3 is 0 Å². The Labute approximate surface area is 89.5 Å². The van der Waals surface area contributed by atoms with Gasteiger partial charge in [0.15, 0.2) is 0 Å². The normalized spacial score (nSPS) is 10.8. The van der Waals surface area contributed by atoms with E-state index >= 15 is 0 Å². The molecule has 0 amide bonds. The third-order valence-electron chi connectivity index (χ3n) is 2.05. The number of thioether (sulfide) groups is 2. The molecule has 2 heteroatoms. The molecule has 0 atom stereocenters. The average molecular weight is 212 g/mol. The molecule has 13 heavy (non-hydrogen) atoms. The van der Waals surface area contributed by atoms with Crippen LogP contribution in [0.2, 0.25) is 0 Å². The number of aryl methyl sites for hydroxylation is 1. The summed E-state index contributed by atoms with van der Waals surface area (Å²) < 4.78 is 0.697. The van der Waals surface area contributed by atoms with E-state index < -0.39 is 0 Å². The van der Waals surface area contributed by atoms with Crippen LogP contribution in [0, 0.1) is 6.92 Å². The lowest BCUT2D eigenvalue weighted by atomic mass is 10.1. The van der Waals surface area contributed by atoms with E-state index in [0.29, 0.717) is 4.58 Å². The Morgan fingerprint density at radius 3 is 2.08 bits per heavy atom. The summed E-state index contributed by atoms with van der Waals surface area (Å²) in [5.74, 6) is 0. The van der Waals surface area contributed by atoms with Crippen LogP contribution >= 0.6 is 23.5 Å². The maximum absolute atomic E-state index is 2.23. The van der Waals surface area contributed by atoms with Crippen molar-refractivity contribution in [1.82, 2.24) is 0 Å². The lowest BCUT2D eigenvalue weighted by Gasteiger charge is -2.10. The molecule has 0 bridgehead atoms. The molecule has 0 radical (unpaired) electrons. The standard InChI is InChI=1S/C11H16S2/c1-9-4-6-10(7-5-9)8-11(12-2)13-3/h4-7,11H,8H2,1-3H3. The van der Waals surface area contributed by atoms with E-state index in [9.17, 15) is 0 Å². The Hall–Kier alpha value is -0.0800. The van der Waals surface area contributed by atoms with Gasteiger partial charge in [-0.25, -0.2) is 0 Å². The molecule has 0 nitrogen and oxygen atoms in total. The first-order valence-electron chi connectivity index (χ1n) is 4.37. The minimum absolute atomic E-state index is 0.697. The maximum atomic E-state index is 2.23. The van der Waals surface area contributed by atoms with Crippen LogP contribution in [0.3, 0.4) is 0 Å². The van der Waals surface area contributed by atoms with Crippen LogP contribution < -0.4 is 0 Å². The molecule has 0 fully saturated rings. The molecule has 0 N–H and O–H groups in total. The van der Waals surface area contributed by atoms with Crippen molar-refractivity contribution in [3.05, 3.63) is 35.4 Å². The molecule has 1 aromatic carbocycles. The molecule has 1 aromatic rings. The number of rotatable bonds is 4. The van der Waals surface area contributed by atoms with Gasteiger partial charge in [-0.05, 0) is 31.4 Å². The van der Waals surface area contributed by atoms with E-state index in [4.69, 9.17) is 0 Å². The van der Waals surface area contributed by atoms with Gasteiger partial charge < -0.3 is 0 Å². The van der Waals surface area contributed by atoms with E-state index in [1.165, 1.54) is 17.5 Å². The fourth-order valence-electron chi connectivity index (χ4n) is 1.18. The molecule has 0 saturated carbocycles. The van der Waals surface area contributed by atoms with E-state index in [1.54, 1.807) is 0 Å². The summed E-state index contributed by atoms with van der Waals surface area (Å²) in [4.78, 5) is 0. The Bertz CT molecular complexity index is 237. The topological polar surface area (TPSA) is 0 Å². The van der Waals surface area contributed by atoms with E-state index in [1.807, 2.05) is 23.5 Å². The molecule has 0 aromatic heterocycles. The van der Waals surface area contributed by atoms with Crippen LogP contribution in [0.1, 0.15) is 11.1 Å². The predicted molar refractivity (Wildman–Crippen MR) is 65.7 cm³/mol. The van der Waals surface area contributed by atoms with Crippen molar-refractivity contribution in [3.63, 3.8) is 0 Å². The lowest BCUT2D eigenvalue weighted by molar-refractivity contribution is 1.11. The molecular weight excluding hydrogens is 196 g/mol. The molecule has 1 rings (SSSR count). The van der Waals surface area contributed by atoms with Crippen molar-refractivity contribution < 1.29 is 0 Å². The average Bonchev–Trinajstić information content (AvgIpc) is 2.17. The number of benzene rings is 1. The van der Waals surface area contributed by atoms with Crippen molar-refractivity contribution in [1.29, 1.82) is 0 Å². The molecule has 0 aliphatic carbocycles. The van der Waals surface area contributed by atoms with Crippen LogP contribution in [0.15, 0.2) is 24.3 Å². The smallest absolute Gasteiger partial charge is 0.0537 e. The van der Waals surface area contributed by atoms with Gasteiger partial charge in [0.2, 0.25) is 0 Å². The molecular formula is C11H16S2. The van der Waals surface area contributed by atoms with Crippen LogP contribution in [-0.2, 0) is 6.42 Å². The first kappa shape index (κ1) is 11.0. The molecule has 0 spiro atoms. The Kier molecular flexibility index (Phi) is 4.74. The van der Waals surface area contributed by atoms with Gasteiger partial charge in [-0.3, -0.25) is 0 Å². The highest BCUT2D eigenvalue weighted by Gasteiger charge is 2.04. The third kappa shape index (κ3) is 3.65. The quantitative estimate of drug-likeness (QED) is 0.700. The minimum Gasteiger partial charge on any atom is -0.151 e. The zero-order valence-corrected chi connectivity index (χ0v) is 10.0. The summed E-state index contributed by atoms with van der Waals surface area (Å²) in [5, 5.41) is 0. The van der Waals surface area contributed by atoms with E-state index in [0.717, 1.165) is 0 Å². The number of hydrogen-bond donors (Lipinski definition) is 0. The predicted octanol–water partition coefficient (Wildman–Crippen LogP) is 3.59.